The zero-order valence-corrected chi connectivity index (χ0v) is 10.0. The number of carboxylic acid groups (broad SMARTS) is 1. The van der Waals surface area contributed by atoms with Gasteiger partial charge in [-0.3, -0.25) is 9.69 Å². The number of carbonyl (C=O) groups is 1. The van der Waals surface area contributed by atoms with Gasteiger partial charge in [0.25, 0.3) is 5.97 Å². The lowest BCUT2D eigenvalue weighted by molar-refractivity contribution is -0.134. The molecule has 0 aromatic heterocycles. The van der Waals surface area contributed by atoms with Crippen molar-refractivity contribution in [1.82, 2.24) is 4.90 Å². The lowest BCUT2D eigenvalue weighted by Crippen LogP contribution is -2.41. The molecule has 1 unspecified atom stereocenters. The highest BCUT2D eigenvalue weighted by Crippen LogP contribution is 2.04. The molecule has 1 N–H and O–H groups in total. The second-order valence-corrected chi connectivity index (χ2v) is 3.85. The molecule has 0 aromatic rings. The summed E-state index contributed by atoms with van der Waals surface area (Å²) in [6.07, 6.45) is 3.07. The molecule has 15 heavy (non-hydrogen) atoms. The summed E-state index contributed by atoms with van der Waals surface area (Å²) >= 11 is 0. The Kier molecular flexibility index (Phi) is 8.33. The van der Waals surface area contributed by atoms with Crippen molar-refractivity contribution in [2.24, 2.45) is 0 Å². The van der Waals surface area contributed by atoms with Crippen LogP contribution in [0.5, 0.6) is 0 Å². The first-order chi connectivity index (χ1) is 7.06. The van der Waals surface area contributed by atoms with E-state index >= 15 is 0 Å². The summed E-state index contributed by atoms with van der Waals surface area (Å²) in [6.45, 7) is 9.90. The van der Waals surface area contributed by atoms with Crippen LogP contribution in [0.1, 0.15) is 33.6 Å². The second kappa shape index (κ2) is 8.68. The van der Waals surface area contributed by atoms with Crippen LogP contribution in [-0.4, -0.2) is 48.3 Å². The molecule has 90 valence electrons. The van der Waals surface area contributed by atoms with Gasteiger partial charge in [-0.25, -0.2) is 0 Å². The van der Waals surface area contributed by atoms with Gasteiger partial charge in [-0.15, -0.1) is 0 Å². The van der Waals surface area contributed by atoms with E-state index in [9.17, 15) is 0 Å². The van der Waals surface area contributed by atoms with E-state index in [0.29, 0.717) is 6.10 Å². The fourth-order valence-corrected chi connectivity index (χ4v) is 1.48. The van der Waals surface area contributed by atoms with E-state index in [2.05, 4.69) is 18.7 Å². The SMILES string of the molecule is CC(=O)O.CCCCN1CCOC(C)C1. The summed E-state index contributed by atoms with van der Waals surface area (Å²) in [6, 6.07) is 0. The first-order valence-corrected chi connectivity index (χ1v) is 5.59. The highest BCUT2D eigenvalue weighted by Gasteiger charge is 2.14. The molecule has 1 aliphatic rings. The van der Waals surface area contributed by atoms with E-state index in [4.69, 9.17) is 14.6 Å². The zero-order chi connectivity index (χ0) is 11.7. The van der Waals surface area contributed by atoms with Gasteiger partial charge in [0.15, 0.2) is 0 Å². The number of carboxylic acids is 1. The molecule has 1 aliphatic heterocycles. The predicted octanol–water partition coefficient (Wildman–Crippen LogP) is 1.60. The van der Waals surface area contributed by atoms with Gasteiger partial charge in [0.1, 0.15) is 0 Å². The molecule has 0 aromatic carbocycles. The molecular weight excluding hydrogens is 194 g/mol. The molecule has 0 aliphatic carbocycles. The van der Waals surface area contributed by atoms with Crippen LogP contribution in [0.15, 0.2) is 0 Å². The molecule has 0 spiro atoms. The van der Waals surface area contributed by atoms with E-state index in [1.54, 1.807) is 0 Å². The summed E-state index contributed by atoms with van der Waals surface area (Å²) in [7, 11) is 0. The standard InChI is InChI=1S/C9H19NO.C2H4O2/c1-3-4-5-10-6-7-11-9(2)8-10;1-2(3)4/h9H,3-8H2,1-2H3;1H3,(H,3,4). The van der Waals surface area contributed by atoms with Crippen molar-refractivity contribution in [3.63, 3.8) is 0 Å². The van der Waals surface area contributed by atoms with E-state index < -0.39 is 5.97 Å². The van der Waals surface area contributed by atoms with Crippen LogP contribution in [0.2, 0.25) is 0 Å². The Bertz CT molecular complexity index is 169. The van der Waals surface area contributed by atoms with Crippen molar-refractivity contribution in [1.29, 1.82) is 0 Å². The predicted molar refractivity (Wildman–Crippen MR) is 60.1 cm³/mol. The van der Waals surface area contributed by atoms with Crippen molar-refractivity contribution >= 4 is 5.97 Å². The Morgan fingerprint density at radius 3 is 2.67 bits per heavy atom. The van der Waals surface area contributed by atoms with Crippen molar-refractivity contribution in [2.75, 3.05) is 26.2 Å². The molecule has 4 heteroatoms. The monoisotopic (exact) mass is 217 g/mol. The van der Waals surface area contributed by atoms with Gasteiger partial charge in [0.2, 0.25) is 0 Å². The van der Waals surface area contributed by atoms with Crippen LogP contribution in [0.4, 0.5) is 0 Å². The Labute approximate surface area is 92.2 Å². The lowest BCUT2D eigenvalue weighted by atomic mass is 10.2. The number of morpholine rings is 1. The number of hydrogen-bond acceptors (Lipinski definition) is 3. The zero-order valence-electron chi connectivity index (χ0n) is 10.0. The first-order valence-electron chi connectivity index (χ1n) is 5.59. The van der Waals surface area contributed by atoms with Crippen LogP contribution >= 0.6 is 0 Å². The van der Waals surface area contributed by atoms with Gasteiger partial charge in [0.05, 0.1) is 12.7 Å². The van der Waals surface area contributed by atoms with Crippen LogP contribution in [0.25, 0.3) is 0 Å². The van der Waals surface area contributed by atoms with Crippen molar-refractivity contribution in [2.45, 2.75) is 39.7 Å². The number of nitrogens with zero attached hydrogens (tertiary/aromatic N) is 1. The topological polar surface area (TPSA) is 49.8 Å². The minimum absolute atomic E-state index is 0.445. The van der Waals surface area contributed by atoms with Gasteiger partial charge in [0, 0.05) is 20.0 Å². The van der Waals surface area contributed by atoms with Crippen LogP contribution < -0.4 is 0 Å². The Morgan fingerprint density at radius 2 is 2.20 bits per heavy atom. The second-order valence-electron chi connectivity index (χ2n) is 3.85. The minimum atomic E-state index is -0.833. The molecule has 1 atom stereocenters. The Hall–Kier alpha value is -0.610. The summed E-state index contributed by atoms with van der Waals surface area (Å²) in [5.74, 6) is -0.833. The van der Waals surface area contributed by atoms with E-state index in [1.807, 2.05) is 0 Å². The number of aliphatic carboxylic acids is 1. The third-order valence-corrected chi connectivity index (χ3v) is 2.15. The van der Waals surface area contributed by atoms with E-state index in [1.165, 1.54) is 19.4 Å². The molecule has 1 rings (SSSR count). The molecule has 0 saturated carbocycles. The van der Waals surface area contributed by atoms with Gasteiger partial charge < -0.3 is 9.84 Å². The average molecular weight is 217 g/mol. The highest BCUT2D eigenvalue weighted by atomic mass is 16.5. The van der Waals surface area contributed by atoms with Gasteiger partial charge in [-0.05, 0) is 19.9 Å². The smallest absolute Gasteiger partial charge is 0.300 e. The summed E-state index contributed by atoms with van der Waals surface area (Å²) in [4.78, 5) is 11.5. The van der Waals surface area contributed by atoms with Gasteiger partial charge >= 0.3 is 0 Å². The normalized spacial score (nSPS) is 21.7. The number of hydrogen-bond donors (Lipinski definition) is 1. The maximum absolute atomic E-state index is 9.00. The largest absolute Gasteiger partial charge is 0.481 e. The maximum atomic E-state index is 9.00. The summed E-state index contributed by atoms with van der Waals surface area (Å²) in [5.41, 5.74) is 0. The third kappa shape index (κ3) is 9.69. The molecule has 1 fully saturated rings. The Balaban J connectivity index is 0.000000423. The summed E-state index contributed by atoms with van der Waals surface area (Å²) < 4.78 is 5.45. The van der Waals surface area contributed by atoms with Crippen LogP contribution in [0, 0.1) is 0 Å². The van der Waals surface area contributed by atoms with E-state index in [-0.39, 0.29) is 0 Å². The maximum Gasteiger partial charge on any atom is 0.300 e. The summed E-state index contributed by atoms with van der Waals surface area (Å²) in [5, 5.41) is 7.42. The highest BCUT2D eigenvalue weighted by molar-refractivity contribution is 5.62. The number of rotatable bonds is 3. The Morgan fingerprint density at radius 1 is 1.60 bits per heavy atom. The quantitative estimate of drug-likeness (QED) is 0.780. The molecule has 1 heterocycles. The number of unbranched alkanes of at least 4 members (excludes halogenated alkanes) is 1. The minimum Gasteiger partial charge on any atom is -0.481 e. The molecule has 0 bridgehead atoms. The third-order valence-electron chi connectivity index (χ3n) is 2.15. The first kappa shape index (κ1) is 14.4. The van der Waals surface area contributed by atoms with Gasteiger partial charge in [-0.2, -0.15) is 0 Å². The number of ether oxygens (including phenoxy) is 1. The molecule has 4 nitrogen and oxygen atoms in total. The van der Waals surface area contributed by atoms with Crippen molar-refractivity contribution < 1.29 is 14.6 Å². The molecule has 1 saturated heterocycles. The van der Waals surface area contributed by atoms with Crippen LogP contribution in [-0.2, 0) is 9.53 Å². The fourth-order valence-electron chi connectivity index (χ4n) is 1.48. The van der Waals surface area contributed by atoms with Crippen LogP contribution in [0.3, 0.4) is 0 Å². The molecular formula is C11H23NO3. The molecule has 0 radical (unpaired) electrons. The van der Waals surface area contributed by atoms with Crippen molar-refractivity contribution in [3.05, 3.63) is 0 Å². The molecule has 0 amide bonds. The van der Waals surface area contributed by atoms with Gasteiger partial charge in [-0.1, -0.05) is 13.3 Å². The van der Waals surface area contributed by atoms with Crippen molar-refractivity contribution in [3.8, 4) is 0 Å². The average Bonchev–Trinajstić information content (AvgIpc) is 2.14. The lowest BCUT2D eigenvalue weighted by Gasteiger charge is -2.30. The van der Waals surface area contributed by atoms with E-state index in [0.717, 1.165) is 26.6 Å². The fraction of sp³-hybridized carbons (Fsp3) is 0.909.